The van der Waals surface area contributed by atoms with Crippen molar-refractivity contribution in [1.29, 1.82) is 0 Å². The molecule has 1 heterocycles. The van der Waals surface area contributed by atoms with Gasteiger partial charge >= 0.3 is 0 Å². The number of fused-ring (bicyclic) bond motifs is 1. The van der Waals surface area contributed by atoms with E-state index in [1.807, 2.05) is 30.3 Å². The Balaban J connectivity index is 0. The van der Waals surface area contributed by atoms with Crippen LogP contribution in [0.1, 0.15) is 5.56 Å². The molecule has 4 heteroatoms. The van der Waals surface area contributed by atoms with Crippen LogP contribution in [0.15, 0.2) is 30.3 Å². The Bertz CT molecular complexity index is 278. The van der Waals surface area contributed by atoms with Crippen molar-refractivity contribution in [1.82, 2.24) is 0 Å². The number of benzene rings is 1. The Labute approximate surface area is 107 Å². The molecule has 0 fully saturated rings. The minimum Gasteiger partial charge on any atom is -0.489 e. The van der Waals surface area contributed by atoms with Crippen molar-refractivity contribution in [3.63, 3.8) is 0 Å². The SMILES string of the molecule is C1=Cc2ccccc2OC1.[Co].[Mo].[SiH4]. The molecular weight excluding hydrogens is 307 g/mol. The number of para-hydroxylation sites is 1. The third-order valence-electron chi connectivity index (χ3n) is 1.55. The van der Waals surface area contributed by atoms with E-state index in [9.17, 15) is 0 Å². The van der Waals surface area contributed by atoms with Crippen molar-refractivity contribution in [2.45, 2.75) is 0 Å². The van der Waals surface area contributed by atoms with Gasteiger partial charge in [-0.15, -0.1) is 0 Å². The maximum atomic E-state index is 5.34. The summed E-state index contributed by atoms with van der Waals surface area (Å²) in [7, 11) is 0. The molecule has 0 aromatic heterocycles. The molecule has 1 aromatic rings. The van der Waals surface area contributed by atoms with Crippen LogP contribution < -0.4 is 4.74 Å². The first kappa shape index (κ1) is 15.6. The molecule has 0 spiro atoms. The second-order valence-electron chi connectivity index (χ2n) is 2.25. The van der Waals surface area contributed by atoms with Gasteiger partial charge in [0.15, 0.2) is 0 Å². The molecule has 0 saturated heterocycles. The van der Waals surface area contributed by atoms with Crippen LogP contribution >= 0.6 is 0 Å². The summed E-state index contributed by atoms with van der Waals surface area (Å²) in [5.74, 6) is 0.991. The molecule has 0 N–H and O–H groups in total. The van der Waals surface area contributed by atoms with E-state index >= 15 is 0 Å². The predicted molar refractivity (Wildman–Crippen MR) is 52.3 cm³/mol. The van der Waals surface area contributed by atoms with Crippen LogP contribution in [0.5, 0.6) is 5.75 Å². The van der Waals surface area contributed by atoms with E-state index in [1.165, 1.54) is 5.56 Å². The van der Waals surface area contributed by atoms with Crippen LogP contribution in [-0.4, -0.2) is 17.6 Å². The van der Waals surface area contributed by atoms with Gasteiger partial charge in [-0.1, -0.05) is 24.3 Å². The van der Waals surface area contributed by atoms with Gasteiger partial charge in [0.2, 0.25) is 0 Å². The van der Waals surface area contributed by atoms with Crippen LogP contribution in [0, 0.1) is 0 Å². The van der Waals surface area contributed by atoms with Crippen molar-refractivity contribution in [3.8, 4) is 5.75 Å². The van der Waals surface area contributed by atoms with Gasteiger partial charge in [-0.05, 0) is 23.1 Å². The summed E-state index contributed by atoms with van der Waals surface area (Å²) in [6.07, 6.45) is 4.10. The van der Waals surface area contributed by atoms with Crippen LogP contribution in [0.25, 0.3) is 6.08 Å². The monoisotopic (exact) mass is 321 g/mol. The average Bonchev–Trinajstić information content (AvgIpc) is 2.05. The van der Waals surface area contributed by atoms with Gasteiger partial charge in [-0.3, -0.25) is 0 Å². The van der Waals surface area contributed by atoms with Crippen LogP contribution in [0.2, 0.25) is 0 Å². The van der Waals surface area contributed by atoms with E-state index in [2.05, 4.69) is 6.08 Å². The second-order valence-corrected chi connectivity index (χ2v) is 2.25. The summed E-state index contributed by atoms with van der Waals surface area (Å²) in [6.45, 7) is 0.705. The largest absolute Gasteiger partial charge is 0.489 e. The van der Waals surface area contributed by atoms with Crippen molar-refractivity contribution < 1.29 is 42.6 Å². The fraction of sp³-hybridized carbons (Fsp3) is 0.111. The second kappa shape index (κ2) is 7.56. The Morgan fingerprint density at radius 1 is 1.15 bits per heavy atom. The van der Waals surface area contributed by atoms with E-state index in [0.717, 1.165) is 5.75 Å². The smallest absolute Gasteiger partial charge is 0.126 e. The Hall–Kier alpha value is 0.172. The van der Waals surface area contributed by atoms with E-state index in [-0.39, 0.29) is 48.8 Å². The molecule has 0 atom stereocenters. The van der Waals surface area contributed by atoms with E-state index in [4.69, 9.17) is 4.74 Å². The molecule has 0 amide bonds. The van der Waals surface area contributed by atoms with Gasteiger partial charge in [-0.2, -0.15) is 0 Å². The van der Waals surface area contributed by atoms with Crippen LogP contribution in [0.4, 0.5) is 0 Å². The zero-order valence-corrected chi connectivity index (χ0v) is 9.37. The maximum Gasteiger partial charge on any atom is 0.126 e. The van der Waals surface area contributed by atoms with Gasteiger partial charge in [0.05, 0.1) is 0 Å². The zero-order valence-electron chi connectivity index (χ0n) is 6.32. The number of rotatable bonds is 0. The summed E-state index contributed by atoms with van der Waals surface area (Å²) in [5.41, 5.74) is 1.17. The molecule has 1 radical (unpaired) electrons. The molecule has 13 heavy (non-hydrogen) atoms. The summed E-state index contributed by atoms with van der Waals surface area (Å²) in [5, 5.41) is 0. The Morgan fingerprint density at radius 2 is 1.85 bits per heavy atom. The molecule has 2 rings (SSSR count). The fourth-order valence-corrected chi connectivity index (χ4v) is 1.06. The first-order chi connectivity index (χ1) is 4.97. The molecular formula is C9H12CoMoOSi. The van der Waals surface area contributed by atoms with Crippen molar-refractivity contribution in [2.75, 3.05) is 6.61 Å². The van der Waals surface area contributed by atoms with Crippen molar-refractivity contribution in [2.24, 2.45) is 0 Å². The molecule has 0 unspecified atom stereocenters. The van der Waals surface area contributed by atoms with Gasteiger partial charge in [0, 0.05) is 43.4 Å². The third kappa shape index (κ3) is 3.81. The summed E-state index contributed by atoms with van der Waals surface area (Å²) in [6, 6.07) is 8.03. The normalized spacial score (nSPS) is 10.8. The molecule has 1 aliphatic heterocycles. The fourth-order valence-electron chi connectivity index (χ4n) is 1.06. The zero-order chi connectivity index (χ0) is 6.81. The molecule has 1 nitrogen and oxygen atoms in total. The maximum absolute atomic E-state index is 5.34. The predicted octanol–water partition coefficient (Wildman–Crippen LogP) is 0.636. The molecule has 1 aromatic carbocycles. The topological polar surface area (TPSA) is 9.23 Å². The van der Waals surface area contributed by atoms with Crippen molar-refractivity contribution in [3.05, 3.63) is 35.9 Å². The molecule has 0 bridgehead atoms. The quantitative estimate of drug-likeness (QED) is 0.638. The number of hydrogen-bond acceptors (Lipinski definition) is 1. The Kier molecular flexibility index (Phi) is 9.10. The minimum absolute atomic E-state index is 0. The van der Waals surface area contributed by atoms with Crippen molar-refractivity contribution >= 4 is 17.0 Å². The van der Waals surface area contributed by atoms with Gasteiger partial charge in [0.25, 0.3) is 0 Å². The van der Waals surface area contributed by atoms with E-state index in [0.29, 0.717) is 6.61 Å². The van der Waals surface area contributed by atoms with Gasteiger partial charge in [-0.25, -0.2) is 0 Å². The van der Waals surface area contributed by atoms with Gasteiger partial charge < -0.3 is 4.74 Å². The van der Waals surface area contributed by atoms with Gasteiger partial charge in [0.1, 0.15) is 12.4 Å². The van der Waals surface area contributed by atoms with Crippen LogP contribution in [0.3, 0.4) is 0 Å². The molecule has 0 aliphatic carbocycles. The minimum atomic E-state index is 0. The van der Waals surface area contributed by atoms with Crippen LogP contribution in [-0.2, 0) is 37.8 Å². The summed E-state index contributed by atoms with van der Waals surface area (Å²) >= 11 is 0. The Morgan fingerprint density at radius 3 is 2.54 bits per heavy atom. The average molecular weight is 319 g/mol. The number of hydrogen-bond donors (Lipinski definition) is 0. The third-order valence-corrected chi connectivity index (χ3v) is 1.55. The molecule has 0 saturated carbocycles. The number of ether oxygens (including phenoxy) is 1. The first-order valence-corrected chi connectivity index (χ1v) is 3.35. The standard InChI is InChI=1S/C9H8O.Co.Mo.H4Si/c1-2-6-9-8(4-1)5-3-7-10-9;;;/h1-6H,7H2;;;1H4. The summed E-state index contributed by atoms with van der Waals surface area (Å²) in [4.78, 5) is 0. The molecule has 73 valence electrons. The summed E-state index contributed by atoms with van der Waals surface area (Å²) < 4.78 is 5.34. The molecule has 1 aliphatic rings. The first-order valence-electron chi connectivity index (χ1n) is 3.35. The van der Waals surface area contributed by atoms with E-state index < -0.39 is 0 Å². The van der Waals surface area contributed by atoms with E-state index in [1.54, 1.807) is 0 Å².